The lowest BCUT2D eigenvalue weighted by Gasteiger charge is -2.26. The van der Waals surface area contributed by atoms with E-state index in [4.69, 9.17) is 5.73 Å². The maximum atomic E-state index is 12.0. The Hall–Kier alpha value is -0.570. The van der Waals surface area contributed by atoms with Gasteiger partial charge in [0.2, 0.25) is 5.91 Å². The molecule has 1 atom stereocenters. The van der Waals surface area contributed by atoms with E-state index < -0.39 is 0 Å². The molecule has 0 spiro atoms. The average molecular weight is 214 g/mol. The summed E-state index contributed by atoms with van der Waals surface area (Å²) in [6, 6.07) is 0. The molecule has 0 aliphatic heterocycles. The topological polar surface area (TPSA) is 55.1 Å². The Bertz CT molecular complexity index is 194. The summed E-state index contributed by atoms with van der Waals surface area (Å²) in [4.78, 5) is 12.0. The molecule has 0 rings (SSSR count). The summed E-state index contributed by atoms with van der Waals surface area (Å²) >= 11 is 0. The van der Waals surface area contributed by atoms with Crippen LogP contribution in [0.1, 0.15) is 47.5 Å². The van der Waals surface area contributed by atoms with Gasteiger partial charge in [0.1, 0.15) is 0 Å². The fourth-order valence-electron chi connectivity index (χ4n) is 1.57. The molecule has 1 amide bonds. The molecule has 0 saturated heterocycles. The molecule has 0 saturated carbocycles. The van der Waals surface area contributed by atoms with E-state index >= 15 is 0 Å². The number of nitrogens with two attached hydrogens (primary N) is 1. The maximum Gasteiger partial charge on any atom is 0.223 e. The van der Waals surface area contributed by atoms with Crippen molar-refractivity contribution in [2.75, 3.05) is 6.54 Å². The second-order valence-corrected chi connectivity index (χ2v) is 5.52. The van der Waals surface area contributed by atoms with Gasteiger partial charge in [0.05, 0.1) is 0 Å². The van der Waals surface area contributed by atoms with Gasteiger partial charge in [-0.1, -0.05) is 13.8 Å². The fourth-order valence-corrected chi connectivity index (χ4v) is 1.57. The lowest BCUT2D eigenvalue weighted by molar-refractivity contribution is -0.128. The third-order valence-corrected chi connectivity index (χ3v) is 2.36. The fraction of sp³-hybridized carbons (Fsp3) is 0.917. The molecule has 0 aromatic rings. The van der Waals surface area contributed by atoms with Crippen molar-refractivity contribution in [3.05, 3.63) is 0 Å². The van der Waals surface area contributed by atoms with Gasteiger partial charge in [-0.3, -0.25) is 4.79 Å². The molecule has 0 bridgehead atoms. The second kappa shape index (κ2) is 6.11. The largest absolute Gasteiger partial charge is 0.351 e. The Balaban J connectivity index is 4.29. The zero-order valence-electron chi connectivity index (χ0n) is 10.8. The van der Waals surface area contributed by atoms with E-state index in [9.17, 15) is 4.79 Å². The Morgan fingerprint density at radius 1 is 1.33 bits per heavy atom. The third-order valence-electron chi connectivity index (χ3n) is 2.36. The van der Waals surface area contributed by atoms with Crippen LogP contribution < -0.4 is 11.1 Å². The van der Waals surface area contributed by atoms with Crippen molar-refractivity contribution in [3.8, 4) is 0 Å². The summed E-state index contributed by atoms with van der Waals surface area (Å²) in [5.74, 6) is 0.623. The summed E-state index contributed by atoms with van der Waals surface area (Å²) < 4.78 is 0. The first-order chi connectivity index (χ1) is 6.78. The van der Waals surface area contributed by atoms with E-state index in [-0.39, 0.29) is 17.4 Å². The van der Waals surface area contributed by atoms with Crippen LogP contribution in [0.15, 0.2) is 0 Å². The highest BCUT2D eigenvalue weighted by molar-refractivity contribution is 5.79. The minimum atomic E-state index is -0.146. The predicted octanol–water partition coefficient (Wildman–Crippen LogP) is 1.91. The van der Waals surface area contributed by atoms with Crippen molar-refractivity contribution < 1.29 is 4.79 Å². The molecule has 15 heavy (non-hydrogen) atoms. The van der Waals surface area contributed by atoms with Gasteiger partial charge in [-0.2, -0.15) is 0 Å². The van der Waals surface area contributed by atoms with Crippen LogP contribution in [0.2, 0.25) is 0 Å². The molecule has 0 heterocycles. The van der Waals surface area contributed by atoms with Crippen LogP contribution in [0, 0.1) is 11.8 Å². The van der Waals surface area contributed by atoms with Crippen LogP contribution >= 0.6 is 0 Å². The van der Waals surface area contributed by atoms with E-state index in [0.29, 0.717) is 12.5 Å². The van der Waals surface area contributed by atoms with E-state index in [1.165, 1.54) is 0 Å². The summed E-state index contributed by atoms with van der Waals surface area (Å²) in [5, 5.41) is 3.03. The SMILES string of the molecule is CC(C)C(CCCN)C(=O)NC(C)(C)C. The number of nitrogens with one attached hydrogen (secondary N) is 1. The summed E-state index contributed by atoms with van der Waals surface area (Å²) in [6.45, 7) is 10.8. The number of carbonyl (C=O) groups is 1. The third kappa shape index (κ3) is 6.50. The molecular formula is C12H26N2O. The van der Waals surface area contributed by atoms with E-state index in [2.05, 4.69) is 19.2 Å². The van der Waals surface area contributed by atoms with Gasteiger partial charge in [0, 0.05) is 11.5 Å². The van der Waals surface area contributed by atoms with Crippen LogP contribution in [-0.4, -0.2) is 18.0 Å². The van der Waals surface area contributed by atoms with Gasteiger partial charge in [-0.25, -0.2) is 0 Å². The minimum Gasteiger partial charge on any atom is -0.351 e. The Morgan fingerprint density at radius 2 is 1.87 bits per heavy atom. The highest BCUT2D eigenvalue weighted by Gasteiger charge is 2.24. The van der Waals surface area contributed by atoms with Crippen molar-refractivity contribution in [3.63, 3.8) is 0 Å². The second-order valence-electron chi connectivity index (χ2n) is 5.52. The number of rotatable bonds is 5. The lowest BCUT2D eigenvalue weighted by atomic mass is 9.89. The lowest BCUT2D eigenvalue weighted by Crippen LogP contribution is -2.45. The summed E-state index contributed by atoms with van der Waals surface area (Å²) in [7, 11) is 0. The van der Waals surface area contributed by atoms with Crippen LogP contribution in [-0.2, 0) is 4.79 Å². The van der Waals surface area contributed by atoms with Gasteiger partial charge < -0.3 is 11.1 Å². The zero-order valence-corrected chi connectivity index (χ0v) is 10.8. The molecule has 0 radical (unpaired) electrons. The maximum absolute atomic E-state index is 12.0. The van der Waals surface area contributed by atoms with E-state index in [1.54, 1.807) is 0 Å². The van der Waals surface area contributed by atoms with E-state index in [1.807, 2.05) is 20.8 Å². The van der Waals surface area contributed by atoms with Crippen molar-refractivity contribution in [1.82, 2.24) is 5.32 Å². The summed E-state index contributed by atoms with van der Waals surface area (Å²) in [5.41, 5.74) is 5.33. The highest BCUT2D eigenvalue weighted by atomic mass is 16.2. The van der Waals surface area contributed by atoms with Crippen LogP contribution in [0.4, 0.5) is 0 Å². The molecule has 3 N–H and O–H groups in total. The number of carbonyl (C=O) groups excluding carboxylic acids is 1. The molecule has 0 aliphatic rings. The Labute approximate surface area is 93.8 Å². The van der Waals surface area contributed by atoms with Gasteiger partial charge in [0.15, 0.2) is 0 Å². The van der Waals surface area contributed by atoms with Gasteiger partial charge in [0.25, 0.3) is 0 Å². The molecular weight excluding hydrogens is 188 g/mol. The zero-order chi connectivity index (χ0) is 12.1. The van der Waals surface area contributed by atoms with Gasteiger partial charge in [-0.05, 0) is 46.1 Å². The first-order valence-electron chi connectivity index (χ1n) is 5.80. The van der Waals surface area contributed by atoms with Gasteiger partial charge >= 0.3 is 0 Å². The van der Waals surface area contributed by atoms with Crippen LogP contribution in [0.25, 0.3) is 0 Å². The standard InChI is InChI=1S/C12H26N2O/c1-9(2)10(7-6-8-13)11(15)14-12(3,4)5/h9-10H,6-8,13H2,1-5H3,(H,14,15). The first-order valence-corrected chi connectivity index (χ1v) is 5.80. The normalized spacial score (nSPS) is 14.1. The molecule has 0 aromatic heterocycles. The quantitative estimate of drug-likeness (QED) is 0.734. The number of amides is 1. The minimum absolute atomic E-state index is 0.0905. The van der Waals surface area contributed by atoms with Crippen molar-refractivity contribution in [1.29, 1.82) is 0 Å². The molecule has 90 valence electrons. The van der Waals surface area contributed by atoms with Gasteiger partial charge in [-0.15, -0.1) is 0 Å². The van der Waals surface area contributed by atoms with Crippen LogP contribution in [0.3, 0.4) is 0 Å². The van der Waals surface area contributed by atoms with Crippen molar-refractivity contribution in [2.45, 2.75) is 53.0 Å². The first kappa shape index (κ1) is 14.4. The Morgan fingerprint density at radius 3 is 2.20 bits per heavy atom. The Kier molecular flexibility index (Phi) is 5.88. The molecule has 3 heteroatoms. The smallest absolute Gasteiger partial charge is 0.223 e. The van der Waals surface area contributed by atoms with E-state index in [0.717, 1.165) is 12.8 Å². The van der Waals surface area contributed by atoms with Crippen molar-refractivity contribution in [2.24, 2.45) is 17.6 Å². The number of hydrogen-bond acceptors (Lipinski definition) is 2. The molecule has 1 unspecified atom stereocenters. The summed E-state index contributed by atoms with van der Waals surface area (Å²) in [6.07, 6.45) is 1.80. The predicted molar refractivity (Wildman–Crippen MR) is 64.5 cm³/mol. The molecule has 0 aliphatic carbocycles. The molecule has 3 nitrogen and oxygen atoms in total. The average Bonchev–Trinajstić information content (AvgIpc) is 2.00. The molecule has 0 aromatic carbocycles. The monoisotopic (exact) mass is 214 g/mol. The highest BCUT2D eigenvalue weighted by Crippen LogP contribution is 2.18. The van der Waals surface area contributed by atoms with Crippen LogP contribution in [0.5, 0.6) is 0 Å². The van der Waals surface area contributed by atoms with Crippen molar-refractivity contribution >= 4 is 5.91 Å². The number of hydrogen-bond donors (Lipinski definition) is 2. The molecule has 0 fully saturated rings.